The van der Waals surface area contributed by atoms with Gasteiger partial charge in [-0.15, -0.1) is 0 Å². The SMILES string of the molecule is C[Si](O[C@@H]1CC(c2cc(F)ccc2F)N(C(=O)OC(C)(C)C)C1)C(C)(C)C. The monoisotopic (exact) mass is 398 g/mol. The van der Waals surface area contributed by atoms with Gasteiger partial charge in [0.25, 0.3) is 0 Å². The Kier molecular flexibility index (Phi) is 6.36. The Labute approximate surface area is 162 Å². The first kappa shape index (κ1) is 21.8. The van der Waals surface area contributed by atoms with Crippen molar-refractivity contribution in [2.24, 2.45) is 0 Å². The van der Waals surface area contributed by atoms with Gasteiger partial charge in [0.05, 0.1) is 12.1 Å². The van der Waals surface area contributed by atoms with Crippen molar-refractivity contribution in [1.29, 1.82) is 0 Å². The number of amides is 1. The fourth-order valence-corrected chi connectivity index (χ4v) is 3.92. The summed E-state index contributed by atoms with van der Waals surface area (Å²) in [5, 5.41) is 0.0314. The normalized spacial score (nSPS) is 21.0. The third-order valence-corrected chi connectivity index (χ3v) is 7.41. The number of likely N-dealkylation sites (tertiary alicyclic amines) is 1. The largest absolute Gasteiger partial charge is 0.444 e. The lowest BCUT2D eigenvalue weighted by atomic mass is 10.0. The Balaban J connectivity index is 2.29. The predicted molar refractivity (Wildman–Crippen MR) is 103 cm³/mol. The summed E-state index contributed by atoms with van der Waals surface area (Å²) < 4.78 is 39.9. The van der Waals surface area contributed by atoms with Crippen LogP contribution in [0.3, 0.4) is 0 Å². The second kappa shape index (κ2) is 7.87. The molecule has 1 amide bonds. The minimum absolute atomic E-state index is 0.0314. The molecular weight excluding hydrogens is 368 g/mol. The van der Waals surface area contributed by atoms with E-state index in [1.54, 1.807) is 20.8 Å². The summed E-state index contributed by atoms with van der Waals surface area (Å²) in [6.07, 6.45) is -0.358. The van der Waals surface area contributed by atoms with Crippen LogP contribution in [0.2, 0.25) is 11.6 Å². The molecule has 1 aromatic rings. The van der Waals surface area contributed by atoms with E-state index in [4.69, 9.17) is 9.16 Å². The second-order valence-electron chi connectivity index (χ2n) is 9.10. The van der Waals surface area contributed by atoms with Gasteiger partial charge in [0.2, 0.25) is 9.04 Å². The summed E-state index contributed by atoms with van der Waals surface area (Å²) >= 11 is 0. The Morgan fingerprint density at radius 3 is 2.37 bits per heavy atom. The van der Waals surface area contributed by atoms with Gasteiger partial charge in [-0.1, -0.05) is 20.8 Å². The fourth-order valence-electron chi connectivity index (χ4n) is 2.90. The van der Waals surface area contributed by atoms with E-state index in [2.05, 4.69) is 27.3 Å². The van der Waals surface area contributed by atoms with Crippen molar-refractivity contribution in [1.82, 2.24) is 4.90 Å². The van der Waals surface area contributed by atoms with Gasteiger partial charge in [-0.2, -0.15) is 0 Å². The van der Waals surface area contributed by atoms with Gasteiger partial charge in [0.15, 0.2) is 0 Å². The lowest BCUT2D eigenvalue weighted by Crippen LogP contribution is -2.38. The molecular formula is C20H30F2NO3Si. The van der Waals surface area contributed by atoms with Gasteiger partial charge in [-0.05, 0) is 57.0 Å². The quantitative estimate of drug-likeness (QED) is 0.635. The highest BCUT2D eigenvalue weighted by atomic mass is 28.3. The molecule has 1 unspecified atom stereocenters. The Hall–Kier alpha value is -1.47. The minimum atomic E-state index is -1.14. The molecule has 1 radical (unpaired) electrons. The maximum Gasteiger partial charge on any atom is 0.410 e. The number of carbonyl (C=O) groups is 1. The number of hydrogen-bond donors (Lipinski definition) is 0. The number of nitrogens with zero attached hydrogens (tertiary/aromatic N) is 1. The van der Waals surface area contributed by atoms with Gasteiger partial charge in [0, 0.05) is 12.1 Å². The molecule has 1 aliphatic heterocycles. The summed E-state index contributed by atoms with van der Waals surface area (Å²) in [4.78, 5) is 14.2. The smallest absolute Gasteiger partial charge is 0.410 e. The fraction of sp³-hybridized carbons (Fsp3) is 0.650. The molecule has 1 saturated heterocycles. The topological polar surface area (TPSA) is 38.8 Å². The summed E-state index contributed by atoms with van der Waals surface area (Å²) in [7, 11) is -1.14. The maximum absolute atomic E-state index is 14.4. The van der Waals surface area contributed by atoms with E-state index >= 15 is 0 Å². The van der Waals surface area contributed by atoms with Crippen LogP contribution in [0.25, 0.3) is 0 Å². The third kappa shape index (κ3) is 5.75. The molecule has 27 heavy (non-hydrogen) atoms. The summed E-state index contributed by atoms with van der Waals surface area (Å²) in [5.74, 6) is -1.07. The van der Waals surface area contributed by atoms with E-state index in [0.29, 0.717) is 13.0 Å². The number of hydrogen-bond acceptors (Lipinski definition) is 3. The lowest BCUT2D eigenvalue weighted by molar-refractivity contribution is 0.0207. The molecule has 151 valence electrons. The number of carbonyl (C=O) groups excluding carboxylic acids is 1. The minimum Gasteiger partial charge on any atom is -0.444 e. The van der Waals surface area contributed by atoms with Gasteiger partial charge < -0.3 is 9.16 Å². The molecule has 1 heterocycles. The number of ether oxygens (including phenoxy) is 1. The third-order valence-electron chi connectivity index (χ3n) is 4.61. The Morgan fingerprint density at radius 2 is 1.81 bits per heavy atom. The highest BCUT2D eigenvalue weighted by molar-refractivity contribution is 6.53. The van der Waals surface area contributed by atoms with E-state index in [1.165, 1.54) is 4.90 Å². The van der Waals surface area contributed by atoms with Crippen LogP contribution in [-0.4, -0.2) is 38.3 Å². The predicted octanol–water partition coefficient (Wildman–Crippen LogP) is 5.45. The maximum atomic E-state index is 14.4. The summed E-state index contributed by atoms with van der Waals surface area (Å²) in [6.45, 7) is 14.1. The van der Waals surface area contributed by atoms with Crippen LogP contribution in [0.1, 0.15) is 59.6 Å². The number of benzene rings is 1. The van der Waals surface area contributed by atoms with Crippen LogP contribution in [0, 0.1) is 11.6 Å². The molecule has 1 aliphatic rings. The van der Waals surface area contributed by atoms with E-state index in [1.807, 2.05) is 0 Å². The molecule has 1 aromatic carbocycles. The van der Waals surface area contributed by atoms with Crippen molar-refractivity contribution in [3.63, 3.8) is 0 Å². The van der Waals surface area contributed by atoms with Crippen LogP contribution in [0.15, 0.2) is 18.2 Å². The van der Waals surface area contributed by atoms with Gasteiger partial charge in [-0.3, -0.25) is 4.90 Å². The molecule has 1 fully saturated rings. The summed E-state index contributed by atoms with van der Waals surface area (Å²) in [6, 6.07) is 2.71. The van der Waals surface area contributed by atoms with Gasteiger partial charge in [0.1, 0.15) is 17.2 Å². The van der Waals surface area contributed by atoms with Crippen molar-refractivity contribution < 1.29 is 22.7 Å². The second-order valence-corrected chi connectivity index (χ2v) is 11.9. The first-order valence-corrected chi connectivity index (χ1v) is 11.1. The molecule has 2 rings (SSSR count). The van der Waals surface area contributed by atoms with Gasteiger partial charge >= 0.3 is 6.09 Å². The molecule has 0 bridgehead atoms. The summed E-state index contributed by atoms with van der Waals surface area (Å²) in [5.41, 5.74) is -0.515. The highest BCUT2D eigenvalue weighted by Crippen LogP contribution is 2.38. The lowest BCUT2D eigenvalue weighted by Gasteiger charge is -2.29. The van der Waals surface area contributed by atoms with Crippen LogP contribution in [0.5, 0.6) is 0 Å². The first-order chi connectivity index (χ1) is 12.3. The molecule has 0 spiro atoms. The Morgan fingerprint density at radius 1 is 1.19 bits per heavy atom. The van der Waals surface area contributed by atoms with Crippen molar-refractivity contribution in [2.45, 2.75) is 77.3 Å². The van der Waals surface area contributed by atoms with E-state index < -0.39 is 38.4 Å². The molecule has 0 saturated carbocycles. The zero-order valence-corrected chi connectivity index (χ0v) is 18.2. The average molecular weight is 399 g/mol. The molecule has 0 N–H and O–H groups in total. The molecule has 4 nitrogen and oxygen atoms in total. The molecule has 0 aromatic heterocycles. The van der Waals surface area contributed by atoms with Crippen molar-refractivity contribution in [3.05, 3.63) is 35.4 Å². The van der Waals surface area contributed by atoms with E-state index in [9.17, 15) is 13.6 Å². The first-order valence-electron chi connectivity index (χ1n) is 9.23. The standard InChI is InChI=1S/C20H30F2NO3Si/c1-19(2,3)25-18(24)23-12-14(26-27(7)20(4,5)6)11-17(23)15-10-13(21)8-9-16(15)22/h8-10,14,17H,11-12H2,1-7H3/t14-,17?/m1/s1. The van der Waals surface area contributed by atoms with Crippen LogP contribution in [0.4, 0.5) is 13.6 Å². The number of rotatable bonds is 3. The van der Waals surface area contributed by atoms with Crippen molar-refractivity contribution in [2.75, 3.05) is 6.54 Å². The van der Waals surface area contributed by atoms with Crippen LogP contribution < -0.4 is 0 Å². The van der Waals surface area contributed by atoms with E-state index in [0.717, 1.165) is 18.2 Å². The average Bonchev–Trinajstić information content (AvgIpc) is 2.91. The van der Waals surface area contributed by atoms with E-state index in [-0.39, 0.29) is 16.7 Å². The van der Waals surface area contributed by atoms with Crippen LogP contribution in [-0.2, 0) is 9.16 Å². The van der Waals surface area contributed by atoms with Crippen molar-refractivity contribution >= 4 is 15.1 Å². The molecule has 2 atom stereocenters. The molecule has 7 heteroatoms. The highest BCUT2D eigenvalue weighted by Gasteiger charge is 2.41. The zero-order valence-electron chi connectivity index (χ0n) is 17.2. The zero-order chi connectivity index (χ0) is 20.6. The molecule has 0 aliphatic carbocycles. The number of halogens is 2. The van der Waals surface area contributed by atoms with Crippen LogP contribution >= 0.6 is 0 Å². The van der Waals surface area contributed by atoms with Crippen molar-refractivity contribution in [3.8, 4) is 0 Å². The Bertz CT molecular complexity index is 685. The van der Waals surface area contributed by atoms with Gasteiger partial charge in [-0.25, -0.2) is 13.6 Å².